The first kappa shape index (κ1) is 7.50. The standard InChI is InChI=1S/C10H10O2/c1-7-2-4-8(5-3-7)10-9(6-11)12-10/h2-6,9-10H,1H3/t9-,10-/m0/s1. The third-order valence-electron chi connectivity index (χ3n) is 2.07. The Hall–Kier alpha value is -1.15. The summed E-state index contributed by atoms with van der Waals surface area (Å²) < 4.78 is 5.12. The lowest BCUT2D eigenvalue weighted by Gasteiger charge is -1.94. The van der Waals surface area contributed by atoms with Crippen LogP contribution >= 0.6 is 0 Å². The van der Waals surface area contributed by atoms with Gasteiger partial charge in [0.05, 0.1) is 0 Å². The van der Waals surface area contributed by atoms with Gasteiger partial charge in [0, 0.05) is 0 Å². The first-order chi connectivity index (χ1) is 5.81. The van der Waals surface area contributed by atoms with Crippen molar-refractivity contribution in [2.24, 2.45) is 0 Å². The summed E-state index contributed by atoms with van der Waals surface area (Å²) in [4.78, 5) is 10.3. The number of hydrogen-bond acceptors (Lipinski definition) is 2. The minimum Gasteiger partial charge on any atom is -0.357 e. The summed E-state index contributed by atoms with van der Waals surface area (Å²) in [7, 11) is 0. The number of hydrogen-bond donors (Lipinski definition) is 0. The lowest BCUT2D eigenvalue weighted by atomic mass is 10.1. The average Bonchev–Trinajstić information content (AvgIpc) is 2.85. The molecule has 0 N–H and O–H groups in total. The van der Waals surface area contributed by atoms with Gasteiger partial charge in [-0.1, -0.05) is 29.8 Å². The van der Waals surface area contributed by atoms with Gasteiger partial charge < -0.3 is 9.53 Å². The van der Waals surface area contributed by atoms with Gasteiger partial charge in [0.15, 0.2) is 6.29 Å². The molecule has 1 aliphatic heterocycles. The number of carbonyl (C=O) groups is 1. The number of epoxide rings is 1. The van der Waals surface area contributed by atoms with Gasteiger partial charge in [0.25, 0.3) is 0 Å². The predicted molar refractivity (Wildman–Crippen MR) is 44.9 cm³/mol. The Bertz CT molecular complexity index is 289. The van der Waals surface area contributed by atoms with Crippen LogP contribution in [0.25, 0.3) is 0 Å². The molecule has 1 aliphatic rings. The lowest BCUT2D eigenvalue weighted by Crippen LogP contribution is -1.88. The summed E-state index contributed by atoms with van der Waals surface area (Å²) in [6.45, 7) is 2.04. The van der Waals surface area contributed by atoms with Crippen molar-refractivity contribution < 1.29 is 9.53 Å². The maximum atomic E-state index is 10.3. The molecule has 0 unspecified atom stereocenters. The molecule has 2 nitrogen and oxygen atoms in total. The Morgan fingerprint density at radius 3 is 2.50 bits per heavy atom. The molecule has 0 saturated carbocycles. The molecule has 12 heavy (non-hydrogen) atoms. The molecule has 2 atom stereocenters. The third kappa shape index (κ3) is 1.25. The molecule has 0 aromatic heterocycles. The largest absolute Gasteiger partial charge is 0.357 e. The molecule has 0 bridgehead atoms. The van der Waals surface area contributed by atoms with Gasteiger partial charge in [0.1, 0.15) is 12.2 Å². The summed E-state index contributed by atoms with van der Waals surface area (Å²) in [6.07, 6.45) is 0.667. The quantitative estimate of drug-likeness (QED) is 0.488. The van der Waals surface area contributed by atoms with E-state index in [4.69, 9.17) is 4.74 Å². The van der Waals surface area contributed by atoms with Crippen molar-refractivity contribution in [2.45, 2.75) is 19.1 Å². The Labute approximate surface area is 71.2 Å². The van der Waals surface area contributed by atoms with Crippen molar-refractivity contribution in [2.75, 3.05) is 0 Å². The van der Waals surface area contributed by atoms with Crippen LogP contribution in [-0.4, -0.2) is 12.4 Å². The molecule has 1 heterocycles. The Balaban J connectivity index is 2.15. The van der Waals surface area contributed by atoms with Crippen molar-refractivity contribution in [1.29, 1.82) is 0 Å². The van der Waals surface area contributed by atoms with Crippen LogP contribution in [-0.2, 0) is 9.53 Å². The fourth-order valence-corrected chi connectivity index (χ4v) is 1.25. The van der Waals surface area contributed by atoms with E-state index in [1.807, 2.05) is 31.2 Å². The van der Waals surface area contributed by atoms with Crippen LogP contribution in [0.3, 0.4) is 0 Å². The van der Waals surface area contributed by atoms with E-state index >= 15 is 0 Å². The molecule has 0 radical (unpaired) electrons. The molecular weight excluding hydrogens is 152 g/mol. The van der Waals surface area contributed by atoms with E-state index in [-0.39, 0.29) is 12.2 Å². The zero-order valence-electron chi connectivity index (χ0n) is 6.86. The molecule has 62 valence electrons. The number of ether oxygens (including phenoxy) is 1. The Morgan fingerprint density at radius 2 is 2.00 bits per heavy atom. The van der Waals surface area contributed by atoms with Crippen molar-refractivity contribution in [3.8, 4) is 0 Å². The van der Waals surface area contributed by atoms with E-state index in [0.717, 1.165) is 11.8 Å². The molecule has 1 aromatic carbocycles. The van der Waals surface area contributed by atoms with E-state index in [1.54, 1.807) is 0 Å². The van der Waals surface area contributed by atoms with Crippen molar-refractivity contribution in [3.63, 3.8) is 0 Å². The zero-order chi connectivity index (χ0) is 8.55. The zero-order valence-corrected chi connectivity index (χ0v) is 6.86. The maximum absolute atomic E-state index is 10.3. The Morgan fingerprint density at radius 1 is 1.33 bits per heavy atom. The minimum atomic E-state index is -0.201. The number of aryl methyl sites for hydroxylation is 1. The van der Waals surface area contributed by atoms with Gasteiger partial charge >= 0.3 is 0 Å². The molecule has 0 spiro atoms. The highest BCUT2D eigenvalue weighted by atomic mass is 16.6. The first-order valence-corrected chi connectivity index (χ1v) is 3.98. The predicted octanol–water partition coefficient (Wildman–Crippen LogP) is 1.63. The molecule has 1 saturated heterocycles. The van der Waals surface area contributed by atoms with Crippen LogP contribution in [0, 0.1) is 6.92 Å². The second-order valence-corrected chi connectivity index (χ2v) is 3.07. The van der Waals surface area contributed by atoms with Gasteiger partial charge in [-0.2, -0.15) is 0 Å². The van der Waals surface area contributed by atoms with Gasteiger partial charge in [-0.25, -0.2) is 0 Å². The van der Waals surface area contributed by atoms with Crippen molar-refractivity contribution >= 4 is 6.29 Å². The van der Waals surface area contributed by atoms with Crippen LogP contribution in [0.15, 0.2) is 24.3 Å². The fourth-order valence-electron chi connectivity index (χ4n) is 1.25. The highest BCUT2D eigenvalue weighted by Gasteiger charge is 2.39. The molecule has 0 amide bonds. The second-order valence-electron chi connectivity index (χ2n) is 3.07. The van der Waals surface area contributed by atoms with Gasteiger partial charge in [0.2, 0.25) is 0 Å². The molecule has 1 aromatic rings. The van der Waals surface area contributed by atoms with E-state index in [0.29, 0.717) is 0 Å². The first-order valence-electron chi connectivity index (χ1n) is 3.98. The SMILES string of the molecule is Cc1ccc([C@@H]2O[C@H]2C=O)cc1. The normalized spacial score (nSPS) is 26.8. The van der Waals surface area contributed by atoms with E-state index in [9.17, 15) is 4.79 Å². The third-order valence-corrected chi connectivity index (χ3v) is 2.07. The van der Waals surface area contributed by atoms with Crippen LogP contribution in [0.4, 0.5) is 0 Å². The van der Waals surface area contributed by atoms with Crippen LogP contribution in [0.1, 0.15) is 17.2 Å². The summed E-state index contributed by atoms with van der Waals surface area (Å²) in [6, 6.07) is 8.06. The Kier molecular flexibility index (Phi) is 1.70. The highest BCUT2D eigenvalue weighted by molar-refractivity contribution is 5.61. The average molecular weight is 162 g/mol. The van der Waals surface area contributed by atoms with Gasteiger partial charge in [-0.05, 0) is 12.5 Å². The maximum Gasteiger partial charge on any atom is 0.151 e. The smallest absolute Gasteiger partial charge is 0.151 e. The van der Waals surface area contributed by atoms with Gasteiger partial charge in [-0.15, -0.1) is 0 Å². The van der Waals surface area contributed by atoms with Crippen LogP contribution in [0.2, 0.25) is 0 Å². The summed E-state index contributed by atoms with van der Waals surface area (Å²) in [5, 5.41) is 0. The monoisotopic (exact) mass is 162 g/mol. The fraction of sp³-hybridized carbons (Fsp3) is 0.300. The van der Waals surface area contributed by atoms with Crippen molar-refractivity contribution in [1.82, 2.24) is 0 Å². The van der Waals surface area contributed by atoms with Gasteiger partial charge in [-0.3, -0.25) is 0 Å². The second kappa shape index (κ2) is 2.72. The molecular formula is C10H10O2. The molecule has 1 fully saturated rings. The molecule has 2 rings (SSSR count). The van der Waals surface area contributed by atoms with Crippen LogP contribution < -0.4 is 0 Å². The lowest BCUT2D eigenvalue weighted by molar-refractivity contribution is -0.108. The highest BCUT2D eigenvalue weighted by Crippen LogP contribution is 2.36. The minimum absolute atomic E-state index is 0.0168. The number of aldehydes is 1. The van der Waals surface area contributed by atoms with E-state index in [2.05, 4.69) is 0 Å². The number of carbonyl (C=O) groups excluding carboxylic acids is 1. The topological polar surface area (TPSA) is 29.6 Å². The van der Waals surface area contributed by atoms with E-state index < -0.39 is 0 Å². The molecule has 0 aliphatic carbocycles. The van der Waals surface area contributed by atoms with Crippen molar-refractivity contribution in [3.05, 3.63) is 35.4 Å². The summed E-state index contributed by atoms with van der Waals surface area (Å²) in [5.74, 6) is 0. The summed E-state index contributed by atoms with van der Waals surface area (Å²) in [5.41, 5.74) is 2.32. The number of rotatable bonds is 2. The van der Waals surface area contributed by atoms with Crippen LogP contribution in [0.5, 0.6) is 0 Å². The summed E-state index contributed by atoms with van der Waals surface area (Å²) >= 11 is 0. The molecule has 2 heteroatoms. The number of benzene rings is 1. The van der Waals surface area contributed by atoms with E-state index in [1.165, 1.54) is 5.56 Å².